The summed E-state index contributed by atoms with van der Waals surface area (Å²) in [5.74, 6) is 1.63. The monoisotopic (exact) mass is 254 g/mol. The maximum Gasteiger partial charge on any atom is 0.229 e. The van der Waals surface area contributed by atoms with E-state index in [2.05, 4.69) is 6.92 Å². The van der Waals surface area contributed by atoms with E-state index in [4.69, 9.17) is 10.5 Å². The van der Waals surface area contributed by atoms with Crippen molar-refractivity contribution in [3.63, 3.8) is 0 Å². The fraction of sp³-hybridized carbons (Fsp3) is 0.929. The van der Waals surface area contributed by atoms with Crippen LogP contribution in [0.3, 0.4) is 0 Å². The summed E-state index contributed by atoms with van der Waals surface area (Å²) in [5.41, 5.74) is 5.52. The molecule has 104 valence electrons. The molecule has 0 bridgehead atoms. The number of amides is 1. The van der Waals surface area contributed by atoms with Gasteiger partial charge in [-0.1, -0.05) is 6.92 Å². The number of nitrogens with two attached hydrogens (primary N) is 1. The van der Waals surface area contributed by atoms with Crippen LogP contribution >= 0.6 is 0 Å². The molecule has 2 fully saturated rings. The summed E-state index contributed by atoms with van der Waals surface area (Å²) in [6.45, 7) is 4.85. The molecule has 0 heterocycles. The molecule has 2 rings (SSSR count). The van der Waals surface area contributed by atoms with Crippen LogP contribution in [0.4, 0.5) is 0 Å². The van der Waals surface area contributed by atoms with E-state index in [-0.39, 0.29) is 11.3 Å². The van der Waals surface area contributed by atoms with Gasteiger partial charge < -0.3 is 15.4 Å². The van der Waals surface area contributed by atoms with E-state index in [1.807, 2.05) is 7.05 Å². The highest BCUT2D eigenvalue weighted by molar-refractivity contribution is 5.83. The van der Waals surface area contributed by atoms with Crippen LogP contribution in [0.25, 0.3) is 0 Å². The summed E-state index contributed by atoms with van der Waals surface area (Å²) in [7, 11) is 1.86. The van der Waals surface area contributed by atoms with Crippen LogP contribution in [0.5, 0.6) is 0 Å². The van der Waals surface area contributed by atoms with E-state index in [0.717, 1.165) is 25.4 Å². The second kappa shape index (κ2) is 5.57. The summed E-state index contributed by atoms with van der Waals surface area (Å²) in [6.07, 6.45) is 4.50. The summed E-state index contributed by atoms with van der Waals surface area (Å²) in [6, 6.07) is 0. The van der Waals surface area contributed by atoms with Crippen molar-refractivity contribution in [2.45, 2.75) is 32.6 Å². The third kappa shape index (κ3) is 3.04. The van der Waals surface area contributed by atoms with Gasteiger partial charge in [0.15, 0.2) is 0 Å². The fourth-order valence-corrected chi connectivity index (χ4v) is 2.95. The van der Waals surface area contributed by atoms with Gasteiger partial charge in [-0.05, 0) is 37.5 Å². The molecule has 0 saturated heterocycles. The van der Waals surface area contributed by atoms with Gasteiger partial charge in [0.2, 0.25) is 5.91 Å². The molecule has 1 amide bonds. The Morgan fingerprint density at radius 1 is 1.44 bits per heavy atom. The Labute approximate surface area is 110 Å². The maximum absolute atomic E-state index is 12.4. The van der Waals surface area contributed by atoms with Crippen LogP contribution in [-0.4, -0.2) is 44.2 Å². The molecule has 2 aliphatic rings. The van der Waals surface area contributed by atoms with Crippen molar-refractivity contribution in [3.05, 3.63) is 0 Å². The van der Waals surface area contributed by atoms with Crippen LogP contribution in [0, 0.1) is 17.3 Å². The zero-order chi connectivity index (χ0) is 13.2. The van der Waals surface area contributed by atoms with Gasteiger partial charge in [-0.25, -0.2) is 0 Å². The Bertz CT molecular complexity index is 296. The summed E-state index contributed by atoms with van der Waals surface area (Å²) in [4.78, 5) is 14.2. The van der Waals surface area contributed by atoms with Crippen molar-refractivity contribution < 1.29 is 9.53 Å². The van der Waals surface area contributed by atoms with E-state index < -0.39 is 0 Å². The highest BCUT2D eigenvalue weighted by Gasteiger charge is 2.48. The molecule has 0 unspecified atom stereocenters. The number of ether oxygens (including phenoxy) is 1. The molecule has 0 aliphatic heterocycles. The number of hydrogen-bond acceptors (Lipinski definition) is 3. The second-order valence-corrected chi connectivity index (χ2v) is 6.24. The first kappa shape index (κ1) is 13.8. The smallest absolute Gasteiger partial charge is 0.229 e. The van der Waals surface area contributed by atoms with Gasteiger partial charge in [0.25, 0.3) is 0 Å². The van der Waals surface area contributed by atoms with E-state index in [1.165, 1.54) is 12.8 Å². The second-order valence-electron chi connectivity index (χ2n) is 6.24. The predicted molar refractivity (Wildman–Crippen MR) is 71.1 cm³/mol. The molecule has 2 aliphatic carbocycles. The SMILES string of the molecule is CC1CC(CN)(C(=O)N(C)CCOCC2CC2)C1. The molecular formula is C14H26N2O2. The molecule has 0 radical (unpaired) electrons. The molecule has 0 atom stereocenters. The normalized spacial score (nSPS) is 30.9. The third-order valence-electron chi connectivity index (χ3n) is 4.29. The molecule has 4 heteroatoms. The van der Waals surface area contributed by atoms with Gasteiger partial charge in [-0.2, -0.15) is 0 Å². The lowest BCUT2D eigenvalue weighted by atomic mass is 9.62. The molecule has 4 nitrogen and oxygen atoms in total. The topological polar surface area (TPSA) is 55.6 Å². The van der Waals surface area contributed by atoms with Crippen LogP contribution in [0.1, 0.15) is 32.6 Å². The number of carbonyl (C=O) groups excluding carboxylic acids is 1. The lowest BCUT2D eigenvalue weighted by Gasteiger charge is -2.46. The van der Waals surface area contributed by atoms with Crippen molar-refractivity contribution in [2.75, 3.05) is 33.4 Å². The number of hydrogen-bond donors (Lipinski definition) is 1. The van der Waals surface area contributed by atoms with Gasteiger partial charge in [-0.15, -0.1) is 0 Å². The van der Waals surface area contributed by atoms with Crippen LogP contribution in [-0.2, 0) is 9.53 Å². The minimum atomic E-state index is -0.273. The average Bonchev–Trinajstić information content (AvgIpc) is 3.13. The first-order valence-corrected chi connectivity index (χ1v) is 7.11. The van der Waals surface area contributed by atoms with Gasteiger partial charge in [-0.3, -0.25) is 4.79 Å². The number of rotatable bonds is 7. The van der Waals surface area contributed by atoms with E-state index >= 15 is 0 Å². The zero-order valence-electron chi connectivity index (χ0n) is 11.7. The average molecular weight is 254 g/mol. The van der Waals surface area contributed by atoms with Gasteiger partial charge >= 0.3 is 0 Å². The molecule has 0 spiro atoms. The molecule has 0 aromatic heterocycles. The number of likely N-dealkylation sites (N-methyl/N-ethyl adjacent to an activating group) is 1. The van der Waals surface area contributed by atoms with Gasteiger partial charge in [0, 0.05) is 26.7 Å². The van der Waals surface area contributed by atoms with E-state index in [1.54, 1.807) is 4.90 Å². The first-order valence-electron chi connectivity index (χ1n) is 7.11. The van der Waals surface area contributed by atoms with Crippen molar-refractivity contribution in [3.8, 4) is 0 Å². The number of carbonyl (C=O) groups is 1. The number of nitrogens with zero attached hydrogens (tertiary/aromatic N) is 1. The quantitative estimate of drug-likeness (QED) is 0.696. The standard InChI is InChI=1S/C14H26N2O2/c1-11-7-14(8-11,10-15)13(17)16(2)5-6-18-9-12-3-4-12/h11-12H,3-10,15H2,1-2H3. The van der Waals surface area contributed by atoms with Gasteiger partial charge in [0.05, 0.1) is 12.0 Å². The maximum atomic E-state index is 12.4. The van der Waals surface area contributed by atoms with Gasteiger partial charge in [0.1, 0.15) is 0 Å². The Morgan fingerprint density at radius 3 is 2.61 bits per heavy atom. The highest BCUT2D eigenvalue weighted by Crippen LogP contribution is 2.45. The molecule has 0 aromatic carbocycles. The van der Waals surface area contributed by atoms with Crippen LogP contribution < -0.4 is 5.73 Å². The Balaban J connectivity index is 1.69. The first-order chi connectivity index (χ1) is 8.57. The minimum absolute atomic E-state index is 0.207. The van der Waals surface area contributed by atoms with E-state index in [0.29, 0.717) is 25.6 Å². The van der Waals surface area contributed by atoms with Crippen molar-refractivity contribution in [2.24, 2.45) is 23.0 Å². The molecule has 2 saturated carbocycles. The summed E-state index contributed by atoms with van der Waals surface area (Å²) in [5, 5.41) is 0. The zero-order valence-corrected chi connectivity index (χ0v) is 11.7. The van der Waals surface area contributed by atoms with E-state index in [9.17, 15) is 4.79 Å². The van der Waals surface area contributed by atoms with Crippen LogP contribution in [0.15, 0.2) is 0 Å². The Kier molecular flexibility index (Phi) is 4.28. The largest absolute Gasteiger partial charge is 0.379 e. The predicted octanol–water partition coefficient (Wildman–Crippen LogP) is 1.25. The van der Waals surface area contributed by atoms with Crippen molar-refractivity contribution in [1.29, 1.82) is 0 Å². The lowest BCUT2D eigenvalue weighted by molar-refractivity contribution is -0.148. The molecule has 0 aromatic rings. The van der Waals surface area contributed by atoms with Crippen molar-refractivity contribution >= 4 is 5.91 Å². The molecule has 2 N–H and O–H groups in total. The molecular weight excluding hydrogens is 228 g/mol. The fourth-order valence-electron chi connectivity index (χ4n) is 2.95. The highest BCUT2D eigenvalue weighted by atomic mass is 16.5. The lowest BCUT2D eigenvalue weighted by Crippen LogP contribution is -2.54. The Hall–Kier alpha value is -0.610. The molecule has 18 heavy (non-hydrogen) atoms. The third-order valence-corrected chi connectivity index (χ3v) is 4.29. The minimum Gasteiger partial charge on any atom is -0.379 e. The Morgan fingerprint density at radius 2 is 2.11 bits per heavy atom. The summed E-state index contributed by atoms with van der Waals surface area (Å²) < 4.78 is 5.57. The summed E-state index contributed by atoms with van der Waals surface area (Å²) >= 11 is 0. The van der Waals surface area contributed by atoms with Crippen LogP contribution in [0.2, 0.25) is 0 Å². The van der Waals surface area contributed by atoms with Crippen molar-refractivity contribution in [1.82, 2.24) is 4.90 Å².